The summed E-state index contributed by atoms with van der Waals surface area (Å²) in [4.78, 5) is 17.4. The van der Waals surface area contributed by atoms with E-state index in [-0.39, 0.29) is 17.3 Å². The number of carbonyl (C=O) groups excluding carboxylic acids is 1. The van der Waals surface area contributed by atoms with Crippen LogP contribution in [0.15, 0.2) is 85.1 Å². The molecule has 1 unspecified atom stereocenters. The van der Waals surface area contributed by atoms with Crippen molar-refractivity contribution in [3.8, 4) is 22.7 Å². The van der Waals surface area contributed by atoms with Crippen LogP contribution in [0.2, 0.25) is 5.02 Å². The molecule has 3 aromatic carbocycles. The quantitative estimate of drug-likeness (QED) is 0.227. The van der Waals surface area contributed by atoms with Crippen LogP contribution in [0.4, 0.5) is 4.79 Å². The zero-order chi connectivity index (χ0) is 26.2. The van der Waals surface area contributed by atoms with Gasteiger partial charge in [0.15, 0.2) is 5.75 Å². The van der Waals surface area contributed by atoms with Crippen molar-refractivity contribution in [2.75, 3.05) is 6.54 Å². The lowest BCUT2D eigenvalue weighted by atomic mass is 10.1. The molecule has 0 saturated carbocycles. The maximum absolute atomic E-state index is 12.5. The van der Waals surface area contributed by atoms with Crippen LogP contribution in [0.3, 0.4) is 0 Å². The van der Waals surface area contributed by atoms with Gasteiger partial charge in [-0.1, -0.05) is 79.5 Å². The molecular weight excluding hydrogens is 510 g/mol. The van der Waals surface area contributed by atoms with E-state index in [1.54, 1.807) is 18.2 Å². The van der Waals surface area contributed by atoms with Gasteiger partial charge in [-0.3, -0.25) is 4.55 Å². The summed E-state index contributed by atoms with van der Waals surface area (Å²) in [5.41, 5.74) is 3.87. The van der Waals surface area contributed by atoms with Crippen molar-refractivity contribution in [2.45, 2.75) is 32.6 Å². The fourth-order valence-electron chi connectivity index (χ4n) is 3.86. The summed E-state index contributed by atoms with van der Waals surface area (Å²) in [5.74, 6) is 1.13. The molecule has 1 heterocycles. The highest BCUT2D eigenvalue weighted by atomic mass is 35.5. The van der Waals surface area contributed by atoms with E-state index in [1.165, 1.54) is 6.07 Å². The number of aryl methyl sites for hydroxylation is 1. The summed E-state index contributed by atoms with van der Waals surface area (Å²) in [6.45, 7) is 2.16. The molecule has 1 aromatic heterocycles. The van der Waals surface area contributed by atoms with E-state index in [0.29, 0.717) is 6.42 Å². The predicted molar refractivity (Wildman–Crippen MR) is 146 cm³/mol. The molecule has 0 aliphatic rings. The summed E-state index contributed by atoms with van der Waals surface area (Å²) in [6, 6.07) is 24.4. The van der Waals surface area contributed by atoms with Crippen LogP contribution < -0.4 is 4.74 Å². The molecule has 0 aliphatic carbocycles. The van der Waals surface area contributed by atoms with Gasteiger partial charge in [-0.05, 0) is 42.7 Å². The molecule has 1 amide bonds. The number of benzene rings is 3. The van der Waals surface area contributed by atoms with E-state index in [1.807, 2.05) is 54.6 Å². The summed E-state index contributed by atoms with van der Waals surface area (Å²) in [7, 11) is 0. The van der Waals surface area contributed by atoms with E-state index >= 15 is 0 Å². The van der Waals surface area contributed by atoms with Gasteiger partial charge in [0.05, 0.1) is 10.7 Å². The maximum atomic E-state index is 12.5. The maximum Gasteiger partial charge on any atom is 0.429 e. The second kappa shape index (κ2) is 12.7. The van der Waals surface area contributed by atoms with Crippen molar-refractivity contribution in [3.63, 3.8) is 0 Å². The number of unbranched alkanes of at least 4 members (excludes halogenated alkanes) is 1. The number of rotatable bonds is 10. The zero-order valence-electron chi connectivity index (χ0n) is 20.4. The SMILES string of the molecule is CCCCc1nc(-c2ccccc2)cn1-c1ccc(CCN(C(=O)Oc2ccccc2Cl)S(=O)O)cc1. The van der Waals surface area contributed by atoms with Crippen LogP contribution in [0, 0.1) is 0 Å². The van der Waals surface area contributed by atoms with Gasteiger partial charge in [0.2, 0.25) is 0 Å². The lowest BCUT2D eigenvalue weighted by Crippen LogP contribution is -2.36. The molecular formula is C28H28ClN3O4S. The molecule has 0 spiro atoms. The monoisotopic (exact) mass is 537 g/mol. The number of ether oxygens (including phenoxy) is 1. The molecule has 1 N–H and O–H groups in total. The van der Waals surface area contributed by atoms with Gasteiger partial charge in [-0.2, -0.15) is 0 Å². The van der Waals surface area contributed by atoms with Crippen LogP contribution in [-0.4, -0.2) is 35.3 Å². The molecule has 0 bridgehead atoms. The second-order valence-corrected chi connectivity index (χ2v) is 9.74. The topological polar surface area (TPSA) is 84.7 Å². The number of hydrogen-bond acceptors (Lipinski definition) is 4. The van der Waals surface area contributed by atoms with Gasteiger partial charge in [-0.15, -0.1) is 0 Å². The minimum absolute atomic E-state index is 0.00325. The van der Waals surface area contributed by atoms with Crippen LogP contribution in [0.1, 0.15) is 31.2 Å². The molecule has 1 atom stereocenters. The van der Waals surface area contributed by atoms with Crippen LogP contribution >= 0.6 is 11.6 Å². The Morgan fingerprint density at radius 1 is 1.03 bits per heavy atom. The Kier molecular flexibility index (Phi) is 9.11. The first-order valence-corrected chi connectivity index (χ1v) is 13.5. The molecule has 4 rings (SSSR count). The fraction of sp³-hybridized carbons (Fsp3) is 0.214. The summed E-state index contributed by atoms with van der Waals surface area (Å²) >= 11 is 3.49. The first-order chi connectivity index (χ1) is 18.0. The van der Waals surface area contributed by atoms with E-state index < -0.39 is 17.4 Å². The Bertz CT molecular complexity index is 1360. The molecule has 37 heavy (non-hydrogen) atoms. The lowest BCUT2D eigenvalue weighted by molar-refractivity contribution is 0.178. The number of aromatic nitrogens is 2. The van der Waals surface area contributed by atoms with E-state index in [2.05, 4.69) is 17.7 Å². The number of amides is 1. The van der Waals surface area contributed by atoms with E-state index in [9.17, 15) is 13.6 Å². The number of imidazole rings is 1. The number of para-hydroxylation sites is 1. The predicted octanol–water partition coefficient (Wildman–Crippen LogP) is 6.72. The smallest absolute Gasteiger partial charge is 0.408 e. The third-order valence-corrected chi connectivity index (χ3v) is 6.87. The van der Waals surface area contributed by atoms with Gasteiger partial charge in [0.1, 0.15) is 5.82 Å². The van der Waals surface area contributed by atoms with Crippen LogP contribution in [0.5, 0.6) is 5.75 Å². The molecule has 0 radical (unpaired) electrons. The van der Waals surface area contributed by atoms with Crippen LogP contribution in [-0.2, 0) is 24.1 Å². The normalized spacial score (nSPS) is 11.8. The van der Waals surface area contributed by atoms with Gasteiger partial charge < -0.3 is 9.30 Å². The van der Waals surface area contributed by atoms with Gasteiger partial charge in [0.25, 0.3) is 11.3 Å². The number of hydrogen-bond donors (Lipinski definition) is 1. The molecule has 4 aromatic rings. The molecule has 0 fully saturated rings. The minimum Gasteiger partial charge on any atom is -0.408 e. The van der Waals surface area contributed by atoms with Gasteiger partial charge in [0, 0.05) is 30.4 Å². The highest BCUT2D eigenvalue weighted by Gasteiger charge is 2.22. The third kappa shape index (κ3) is 6.85. The van der Waals surface area contributed by atoms with Gasteiger partial charge in [-0.25, -0.2) is 18.3 Å². The molecule has 9 heteroatoms. The fourth-order valence-corrected chi connectivity index (χ4v) is 4.45. The van der Waals surface area contributed by atoms with Crippen molar-refractivity contribution in [1.29, 1.82) is 0 Å². The Hall–Kier alpha value is -3.46. The zero-order valence-corrected chi connectivity index (χ0v) is 22.0. The van der Waals surface area contributed by atoms with Crippen molar-refractivity contribution in [2.24, 2.45) is 0 Å². The van der Waals surface area contributed by atoms with Gasteiger partial charge >= 0.3 is 6.09 Å². The van der Waals surface area contributed by atoms with Crippen molar-refractivity contribution in [1.82, 2.24) is 13.9 Å². The Morgan fingerprint density at radius 2 is 1.73 bits per heavy atom. The van der Waals surface area contributed by atoms with Crippen molar-refractivity contribution in [3.05, 3.63) is 101 Å². The summed E-state index contributed by atoms with van der Waals surface area (Å²) < 4.78 is 29.5. The Balaban J connectivity index is 1.47. The van der Waals surface area contributed by atoms with Crippen LogP contribution in [0.25, 0.3) is 16.9 Å². The Labute approximate surface area is 224 Å². The molecule has 0 saturated heterocycles. The highest BCUT2D eigenvalue weighted by molar-refractivity contribution is 7.77. The highest BCUT2D eigenvalue weighted by Crippen LogP contribution is 2.25. The first-order valence-electron chi connectivity index (χ1n) is 12.0. The molecule has 0 aliphatic heterocycles. The van der Waals surface area contributed by atoms with E-state index in [0.717, 1.165) is 51.9 Å². The molecule has 7 nitrogen and oxygen atoms in total. The van der Waals surface area contributed by atoms with Crippen molar-refractivity contribution >= 4 is 29.0 Å². The standard InChI is InChI=1S/C28H28ClN3O4S/c1-2-3-13-27-30-25(22-9-5-4-6-10-22)20-31(27)23-16-14-21(15-17-23)18-19-32(37(34)35)28(33)36-26-12-8-7-11-24(26)29/h4-12,14-17,20H,2-3,13,18-19H2,1H3,(H,34,35). The average molecular weight is 538 g/mol. The van der Waals surface area contributed by atoms with Crippen molar-refractivity contribution < 1.29 is 18.3 Å². The lowest BCUT2D eigenvalue weighted by Gasteiger charge is -2.18. The Morgan fingerprint density at radius 3 is 2.41 bits per heavy atom. The summed E-state index contributed by atoms with van der Waals surface area (Å²) in [5, 5.41) is 0.239. The largest absolute Gasteiger partial charge is 0.429 e. The number of carbonyl (C=O) groups is 1. The third-order valence-electron chi connectivity index (χ3n) is 5.85. The number of nitrogens with zero attached hydrogens (tertiary/aromatic N) is 3. The average Bonchev–Trinajstić information content (AvgIpc) is 3.34. The first kappa shape index (κ1) is 26.6. The second-order valence-electron chi connectivity index (χ2n) is 8.43. The molecule has 192 valence electrons. The summed E-state index contributed by atoms with van der Waals surface area (Å²) in [6.07, 6.45) is 4.46. The number of halogens is 1. The minimum atomic E-state index is -2.54. The van der Waals surface area contributed by atoms with E-state index in [4.69, 9.17) is 21.3 Å².